The highest BCUT2D eigenvalue weighted by Crippen LogP contribution is 2.19. The summed E-state index contributed by atoms with van der Waals surface area (Å²) in [4.78, 5) is 4.10. The first-order chi connectivity index (χ1) is 8.99. The third-order valence-corrected chi connectivity index (χ3v) is 4.50. The standard InChI is InChI=1S/C12H14ClN3O2S/c1-10-2-3-11(13)8-12(10)19(17,18)15-5-7-16-6-4-14-9-16/h2-4,6,8-9,15H,5,7H2,1H3. The Kier molecular flexibility index (Phi) is 4.24. The van der Waals surface area contributed by atoms with Crippen LogP contribution in [0.3, 0.4) is 0 Å². The molecule has 2 aromatic rings. The summed E-state index contributed by atoms with van der Waals surface area (Å²) in [5, 5.41) is 0.403. The maximum Gasteiger partial charge on any atom is 0.240 e. The van der Waals surface area contributed by atoms with Crippen molar-refractivity contribution in [1.29, 1.82) is 0 Å². The lowest BCUT2D eigenvalue weighted by molar-refractivity contribution is 0.572. The van der Waals surface area contributed by atoms with Crippen molar-refractivity contribution in [2.45, 2.75) is 18.4 Å². The van der Waals surface area contributed by atoms with E-state index in [1.165, 1.54) is 6.07 Å². The Bertz CT molecular complexity index is 654. The smallest absolute Gasteiger partial charge is 0.240 e. The van der Waals surface area contributed by atoms with Crippen molar-refractivity contribution in [1.82, 2.24) is 14.3 Å². The number of halogens is 1. The fourth-order valence-electron chi connectivity index (χ4n) is 1.67. The molecule has 2 rings (SSSR count). The van der Waals surface area contributed by atoms with Gasteiger partial charge in [-0.15, -0.1) is 0 Å². The van der Waals surface area contributed by atoms with Crippen LogP contribution in [0.25, 0.3) is 0 Å². The van der Waals surface area contributed by atoms with Crippen LogP contribution in [0.4, 0.5) is 0 Å². The summed E-state index contributed by atoms with van der Waals surface area (Å²) in [6.07, 6.45) is 5.06. The molecule has 0 spiro atoms. The number of nitrogens with one attached hydrogen (secondary N) is 1. The van der Waals surface area contributed by atoms with E-state index in [0.29, 0.717) is 23.7 Å². The van der Waals surface area contributed by atoms with Crippen molar-refractivity contribution in [3.63, 3.8) is 0 Å². The SMILES string of the molecule is Cc1ccc(Cl)cc1S(=O)(=O)NCCn1ccnc1. The van der Waals surface area contributed by atoms with Crippen LogP contribution in [0.2, 0.25) is 5.02 Å². The van der Waals surface area contributed by atoms with Gasteiger partial charge in [0.2, 0.25) is 10.0 Å². The Morgan fingerprint density at radius 3 is 2.89 bits per heavy atom. The summed E-state index contributed by atoms with van der Waals surface area (Å²) in [5.74, 6) is 0. The van der Waals surface area contributed by atoms with Gasteiger partial charge in [-0.25, -0.2) is 18.1 Å². The first kappa shape index (κ1) is 14.0. The van der Waals surface area contributed by atoms with E-state index >= 15 is 0 Å². The van der Waals surface area contributed by atoms with Crippen molar-refractivity contribution in [2.24, 2.45) is 0 Å². The average Bonchev–Trinajstić information content (AvgIpc) is 2.85. The fraction of sp³-hybridized carbons (Fsp3) is 0.250. The molecular weight excluding hydrogens is 286 g/mol. The van der Waals surface area contributed by atoms with Gasteiger partial charge in [-0.2, -0.15) is 0 Å². The second kappa shape index (κ2) is 5.73. The molecule has 1 N–H and O–H groups in total. The lowest BCUT2D eigenvalue weighted by Gasteiger charge is -2.10. The molecule has 0 fully saturated rings. The molecule has 0 atom stereocenters. The number of rotatable bonds is 5. The minimum absolute atomic E-state index is 0.214. The normalized spacial score (nSPS) is 11.7. The van der Waals surface area contributed by atoms with Crippen LogP contribution in [0, 0.1) is 6.92 Å². The zero-order valence-electron chi connectivity index (χ0n) is 10.4. The third kappa shape index (κ3) is 3.56. The van der Waals surface area contributed by atoms with Crippen molar-refractivity contribution in [3.05, 3.63) is 47.5 Å². The molecule has 5 nitrogen and oxygen atoms in total. The maximum absolute atomic E-state index is 12.1. The molecule has 0 aliphatic carbocycles. The molecule has 1 aromatic heterocycles. The Morgan fingerprint density at radius 1 is 1.42 bits per heavy atom. The number of sulfonamides is 1. The van der Waals surface area contributed by atoms with Crippen LogP contribution in [0.15, 0.2) is 41.8 Å². The molecule has 0 saturated heterocycles. The summed E-state index contributed by atoms with van der Waals surface area (Å²) in [7, 11) is -3.53. The molecule has 0 unspecified atom stereocenters. The molecule has 0 radical (unpaired) electrons. The number of imidazole rings is 1. The number of benzene rings is 1. The third-order valence-electron chi connectivity index (χ3n) is 2.66. The first-order valence-corrected chi connectivity index (χ1v) is 7.57. The molecule has 0 amide bonds. The van der Waals surface area contributed by atoms with Gasteiger partial charge >= 0.3 is 0 Å². The van der Waals surface area contributed by atoms with Crippen molar-refractivity contribution in [3.8, 4) is 0 Å². The van der Waals surface area contributed by atoms with Gasteiger partial charge < -0.3 is 4.57 Å². The van der Waals surface area contributed by atoms with Crippen LogP contribution in [-0.4, -0.2) is 24.5 Å². The van der Waals surface area contributed by atoms with Crippen LogP contribution in [0.5, 0.6) is 0 Å². The number of nitrogens with zero attached hydrogens (tertiary/aromatic N) is 2. The van der Waals surface area contributed by atoms with Crippen LogP contribution < -0.4 is 4.72 Å². The van der Waals surface area contributed by atoms with E-state index in [1.807, 2.05) is 0 Å². The predicted octanol–water partition coefficient (Wildman–Crippen LogP) is 1.82. The van der Waals surface area contributed by atoms with Crippen LogP contribution >= 0.6 is 11.6 Å². The molecule has 0 aliphatic heterocycles. The zero-order chi connectivity index (χ0) is 13.9. The lowest BCUT2D eigenvalue weighted by atomic mass is 10.2. The Morgan fingerprint density at radius 2 is 2.21 bits per heavy atom. The Balaban J connectivity index is 2.07. The van der Waals surface area contributed by atoms with E-state index < -0.39 is 10.0 Å². The minimum Gasteiger partial charge on any atom is -0.336 e. The van der Waals surface area contributed by atoms with E-state index in [9.17, 15) is 8.42 Å². The summed E-state index contributed by atoms with van der Waals surface area (Å²) in [6.45, 7) is 2.56. The number of aromatic nitrogens is 2. The van der Waals surface area contributed by atoms with Gasteiger partial charge in [0, 0.05) is 30.5 Å². The van der Waals surface area contributed by atoms with E-state index in [-0.39, 0.29) is 4.90 Å². The first-order valence-electron chi connectivity index (χ1n) is 5.70. The van der Waals surface area contributed by atoms with Crippen molar-refractivity contribution >= 4 is 21.6 Å². The summed E-state index contributed by atoms with van der Waals surface area (Å²) in [6, 6.07) is 4.81. The van der Waals surface area contributed by atoms with Gasteiger partial charge in [-0.1, -0.05) is 17.7 Å². The van der Waals surface area contributed by atoms with Gasteiger partial charge in [0.1, 0.15) is 0 Å². The largest absolute Gasteiger partial charge is 0.336 e. The topological polar surface area (TPSA) is 64.0 Å². The van der Waals surface area contributed by atoms with Gasteiger partial charge in [-0.3, -0.25) is 0 Å². The van der Waals surface area contributed by atoms with Gasteiger partial charge in [0.15, 0.2) is 0 Å². The summed E-state index contributed by atoms with van der Waals surface area (Å²) >= 11 is 5.83. The second-order valence-corrected chi connectivity index (χ2v) is 6.28. The second-order valence-electron chi connectivity index (χ2n) is 4.11. The molecule has 1 aromatic carbocycles. The summed E-state index contributed by atoms with van der Waals surface area (Å²) in [5.41, 5.74) is 0.666. The fourth-order valence-corrected chi connectivity index (χ4v) is 3.20. The highest BCUT2D eigenvalue weighted by molar-refractivity contribution is 7.89. The number of hydrogen-bond acceptors (Lipinski definition) is 3. The summed E-state index contributed by atoms with van der Waals surface area (Å²) < 4.78 is 28.6. The molecule has 102 valence electrons. The monoisotopic (exact) mass is 299 g/mol. The van der Waals surface area contributed by atoms with E-state index in [2.05, 4.69) is 9.71 Å². The highest BCUT2D eigenvalue weighted by atomic mass is 35.5. The van der Waals surface area contributed by atoms with Crippen molar-refractivity contribution in [2.75, 3.05) is 6.54 Å². The Labute approximate surface area is 117 Å². The van der Waals surface area contributed by atoms with Gasteiger partial charge in [-0.05, 0) is 24.6 Å². The number of hydrogen-bond donors (Lipinski definition) is 1. The quantitative estimate of drug-likeness (QED) is 0.916. The molecule has 19 heavy (non-hydrogen) atoms. The highest BCUT2D eigenvalue weighted by Gasteiger charge is 2.16. The maximum atomic E-state index is 12.1. The molecule has 0 saturated carbocycles. The predicted molar refractivity (Wildman–Crippen MR) is 73.6 cm³/mol. The molecule has 7 heteroatoms. The van der Waals surface area contributed by atoms with Crippen molar-refractivity contribution < 1.29 is 8.42 Å². The van der Waals surface area contributed by atoms with Crippen LogP contribution in [0.1, 0.15) is 5.56 Å². The lowest BCUT2D eigenvalue weighted by Crippen LogP contribution is -2.27. The molecular formula is C12H14ClN3O2S. The van der Waals surface area contributed by atoms with E-state index in [1.54, 1.807) is 42.3 Å². The minimum atomic E-state index is -3.53. The van der Waals surface area contributed by atoms with E-state index in [4.69, 9.17) is 11.6 Å². The van der Waals surface area contributed by atoms with Crippen LogP contribution in [-0.2, 0) is 16.6 Å². The zero-order valence-corrected chi connectivity index (χ0v) is 11.9. The molecule has 0 aliphatic rings. The number of aryl methyl sites for hydroxylation is 1. The van der Waals surface area contributed by atoms with Gasteiger partial charge in [0.25, 0.3) is 0 Å². The molecule has 1 heterocycles. The van der Waals surface area contributed by atoms with E-state index in [0.717, 1.165) is 0 Å². The average molecular weight is 300 g/mol. The Hall–Kier alpha value is -1.37. The molecule has 0 bridgehead atoms. The van der Waals surface area contributed by atoms with Gasteiger partial charge in [0.05, 0.1) is 11.2 Å².